The molecule has 0 fully saturated rings. The van der Waals surface area contributed by atoms with Crippen LogP contribution < -0.4 is 15.4 Å². The Labute approximate surface area is 150 Å². The normalized spacial score (nSPS) is 10.6. The van der Waals surface area contributed by atoms with E-state index in [9.17, 15) is 4.79 Å². The predicted molar refractivity (Wildman–Crippen MR) is 102 cm³/mol. The first-order valence-electron chi connectivity index (χ1n) is 8.57. The second-order valence-corrected chi connectivity index (χ2v) is 6.67. The van der Waals surface area contributed by atoms with Gasteiger partial charge in [-0.15, -0.1) is 0 Å². The maximum atomic E-state index is 12.3. The van der Waals surface area contributed by atoms with Crippen molar-refractivity contribution in [3.8, 4) is 5.75 Å². The largest absolute Gasteiger partial charge is 0.478 e. The van der Waals surface area contributed by atoms with Crippen LogP contribution in [0, 0.1) is 41.5 Å². The van der Waals surface area contributed by atoms with Gasteiger partial charge in [-0.25, -0.2) is 0 Å². The minimum absolute atomic E-state index is 0.0736. The first-order valence-corrected chi connectivity index (χ1v) is 8.57. The molecule has 0 heterocycles. The molecular formula is C21H28N2O2. The van der Waals surface area contributed by atoms with E-state index >= 15 is 0 Å². The van der Waals surface area contributed by atoms with E-state index < -0.39 is 0 Å². The van der Waals surface area contributed by atoms with Crippen LogP contribution in [0.5, 0.6) is 5.75 Å². The van der Waals surface area contributed by atoms with Gasteiger partial charge in [0.2, 0.25) is 0 Å². The molecule has 0 aliphatic carbocycles. The fraction of sp³-hybridized carbons (Fsp3) is 0.381. The van der Waals surface area contributed by atoms with Gasteiger partial charge in [-0.05, 0) is 87.1 Å². The summed E-state index contributed by atoms with van der Waals surface area (Å²) in [6, 6.07) is 8.15. The Kier molecular flexibility index (Phi) is 6.21. The molecule has 0 unspecified atom stereocenters. The van der Waals surface area contributed by atoms with Crippen LogP contribution in [-0.2, 0) is 0 Å². The summed E-state index contributed by atoms with van der Waals surface area (Å²) in [5.41, 5.74) is 7.60. The summed E-state index contributed by atoms with van der Waals surface area (Å²) in [5.74, 6) is 0.794. The van der Waals surface area contributed by atoms with Crippen LogP contribution in [0.1, 0.15) is 43.7 Å². The van der Waals surface area contributed by atoms with Gasteiger partial charge in [0.05, 0.1) is 6.67 Å². The van der Waals surface area contributed by atoms with Gasteiger partial charge in [0, 0.05) is 5.56 Å². The van der Waals surface area contributed by atoms with Gasteiger partial charge in [-0.1, -0.05) is 12.1 Å². The lowest BCUT2D eigenvalue weighted by Gasteiger charge is -2.14. The standard InChI is InChI=1S/C21H28N2O2/c1-13-7-17(5)19(9-15(13)3)21(24)23-11-22-12-25-20-10-16(4)14(2)8-18(20)6/h7-10,22H,11-12H2,1-6H3,(H,23,24). The molecule has 0 saturated carbocycles. The molecule has 134 valence electrons. The predicted octanol–water partition coefficient (Wildman–Crippen LogP) is 3.85. The molecule has 2 aromatic carbocycles. The summed E-state index contributed by atoms with van der Waals surface area (Å²) < 4.78 is 5.76. The molecule has 0 bridgehead atoms. The van der Waals surface area contributed by atoms with Gasteiger partial charge in [-0.3, -0.25) is 10.1 Å². The molecule has 0 aliphatic heterocycles. The van der Waals surface area contributed by atoms with Crippen LogP contribution in [0.15, 0.2) is 24.3 Å². The molecule has 2 aromatic rings. The number of benzene rings is 2. The van der Waals surface area contributed by atoms with Gasteiger partial charge in [0.1, 0.15) is 12.5 Å². The zero-order valence-electron chi connectivity index (χ0n) is 16.0. The molecule has 0 spiro atoms. The maximum Gasteiger partial charge on any atom is 0.252 e. The number of amides is 1. The highest BCUT2D eigenvalue weighted by Crippen LogP contribution is 2.22. The van der Waals surface area contributed by atoms with Crippen molar-refractivity contribution in [2.24, 2.45) is 0 Å². The highest BCUT2D eigenvalue weighted by Gasteiger charge is 2.10. The number of carbonyl (C=O) groups excluding carboxylic acids is 1. The third-order valence-electron chi connectivity index (χ3n) is 4.58. The van der Waals surface area contributed by atoms with Crippen LogP contribution in [0.2, 0.25) is 0 Å². The summed E-state index contributed by atoms with van der Waals surface area (Å²) in [7, 11) is 0. The van der Waals surface area contributed by atoms with E-state index in [2.05, 4.69) is 37.5 Å². The highest BCUT2D eigenvalue weighted by atomic mass is 16.5. The van der Waals surface area contributed by atoms with Crippen molar-refractivity contribution in [2.45, 2.75) is 41.5 Å². The zero-order valence-corrected chi connectivity index (χ0v) is 16.0. The Morgan fingerprint density at radius 2 is 1.36 bits per heavy atom. The zero-order chi connectivity index (χ0) is 18.6. The lowest BCUT2D eigenvalue weighted by Crippen LogP contribution is -2.36. The van der Waals surface area contributed by atoms with Crippen molar-refractivity contribution in [1.29, 1.82) is 0 Å². The van der Waals surface area contributed by atoms with Gasteiger partial charge < -0.3 is 10.1 Å². The molecule has 0 saturated heterocycles. The second kappa shape index (κ2) is 8.17. The number of hydrogen-bond donors (Lipinski definition) is 2. The second-order valence-electron chi connectivity index (χ2n) is 6.67. The van der Waals surface area contributed by atoms with Crippen molar-refractivity contribution in [1.82, 2.24) is 10.6 Å². The van der Waals surface area contributed by atoms with E-state index in [0.717, 1.165) is 28.0 Å². The maximum absolute atomic E-state index is 12.3. The van der Waals surface area contributed by atoms with Crippen molar-refractivity contribution in [3.05, 3.63) is 63.2 Å². The van der Waals surface area contributed by atoms with Crippen LogP contribution in [-0.4, -0.2) is 19.3 Å². The molecule has 0 aliphatic rings. The Morgan fingerprint density at radius 3 is 2.04 bits per heavy atom. The lowest BCUT2D eigenvalue weighted by atomic mass is 10.0. The number of ether oxygens (including phenoxy) is 1. The number of rotatable bonds is 6. The average molecular weight is 340 g/mol. The van der Waals surface area contributed by atoms with Crippen molar-refractivity contribution in [2.75, 3.05) is 13.4 Å². The van der Waals surface area contributed by atoms with Crippen molar-refractivity contribution < 1.29 is 9.53 Å². The van der Waals surface area contributed by atoms with Crippen LogP contribution in [0.4, 0.5) is 0 Å². The van der Waals surface area contributed by atoms with Crippen molar-refractivity contribution in [3.63, 3.8) is 0 Å². The fourth-order valence-corrected chi connectivity index (χ4v) is 2.71. The SMILES string of the molecule is Cc1cc(C)c(OCNCNC(=O)c2cc(C)c(C)cc2C)cc1C. The van der Waals surface area contributed by atoms with Gasteiger partial charge in [0.25, 0.3) is 5.91 Å². The average Bonchev–Trinajstić information content (AvgIpc) is 2.55. The summed E-state index contributed by atoms with van der Waals surface area (Å²) in [5, 5.41) is 5.96. The van der Waals surface area contributed by atoms with Crippen LogP contribution in [0.3, 0.4) is 0 Å². The number of aryl methyl sites for hydroxylation is 6. The van der Waals surface area contributed by atoms with Gasteiger partial charge in [0.15, 0.2) is 0 Å². The number of nitrogens with one attached hydrogen (secondary N) is 2. The smallest absolute Gasteiger partial charge is 0.252 e. The quantitative estimate of drug-likeness (QED) is 0.620. The van der Waals surface area contributed by atoms with E-state index in [-0.39, 0.29) is 5.91 Å². The molecule has 4 nitrogen and oxygen atoms in total. The Morgan fingerprint density at radius 1 is 0.800 bits per heavy atom. The Balaban J connectivity index is 1.83. The molecule has 4 heteroatoms. The molecule has 2 rings (SSSR count). The van der Waals surface area contributed by atoms with Gasteiger partial charge in [-0.2, -0.15) is 0 Å². The molecular weight excluding hydrogens is 312 g/mol. The number of hydrogen-bond acceptors (Lipinski definition) is 3. The molecule has 25 heavy (non-hydrogen) atoms. The monoisotopic (exact) mass is 340 g/mol. The van der Waals surface area contributed by atoms with E-state index in [1.54, 1.807) is 0 Å². The molecule has 0 atom stereocenters. The first-order chi connectivity index (χ1) is 11.8. The Hall–Kier alpha value is -2.33. The van der Waals surface area contributed by atoms with E-state index in [0.29, 0.717) is 13.4 Å². The van der Waals surface area contributed by atoms with Crippen LogP contribution in [0.25, 0.3) is 0 Å². The van der Waals surface area contributed by atoms with Crippen LogP contribution >= 0.6 is 0 Å². The summed E-state index contributed by atoms with van der Waals surface area (Å²) in [6.07, 6.45) is 0. The minimum atomic E-state index is -0.0736. The topological polar surface area (TPSA) is 50.4 Å². The first kappa shape index (κ1) is 19.0. The Bertz CT molecular complexity index is 782. The molecule has 1 amide bonds. The van der Waals surface area contributed by atoms with E-state index in [4.69, 9.17) is 4.74 Å². The third-order valence-corrected chi connectivity index (χ3v) is 4.58. The van der Waals surface area contributed by atoms with Crippen molar-refractivity contribution >= 4 is 5.91 Å². The summed E-state index contributed by atoms with van der Waals surface area (Å²) >= 11 is 0. The molecule has 0 radical (unpaired) electrons. The molecule has 0 aromatic heterocycles. The van der Waals surface area contributed by atoms with E-state index in [1.165, 1.54) is 16.7 Å². The summed E-state index contributed by atoms with van der Waals surface area (Å²) in [4.78, 5) is 12.3. The third kappa shape index (κ3) is 4.83. The van der Waals surface area contributed by atoms with Gasteiger partial charge >= 0.3 is 0 Å². The number of carbonyl (C=O) groups is 1. The highest BCUT2D eigenvalue weighted by molar-refractivity contribution is 5.95. The fourth-order valence-electron chi connectivity index (χ4n) is 2.71. The van der Waals surface area contributed by atoms with E-state index in [1.807, 2.05) is 39.0 Å². The lowest BCUT2D eigenvalue weighted by molar-refractivity contribution is 0.0946. The minimum Gasteiger partial charge on any atom is -0.478 e. The summed E-state index contributed by atoms with van der Waals surface area (Å²) in [6.45, 7) is 12.9. The molecule has 2 N–H and O–H groups in total.